The Morgan fingerprint density at radius 2 is 2.50 bits per heavy atom. The minimum atomic E-state index is 0.531. The van der Waals surface area contributed by atoms with Crippen LogP contribution in [0.4, 0.5) is 0 Å². The van der Waals surface area contributed by atoms with E-state index in [4.69, 9.17) is 5.26 Å². The summed E-state index contributed by atoms with van der Waals surface area (Å²) in [7, 11) is 0. The molecule has 0 amide bonds. The summed E-state index contributed by atoms with van der Waals surface area (Å²) in [5.74, 6) is 2.17. The second kappa shape index (κ2) is 6.50. The van der Waals surface area contributed by atoms with Gasteiger partial charge in [0, 0.05) is 11.9 Å². The molecule has 0 aliphatic rings. The number of aryl methyl sites for hydroxylation is 1. The SMILES string of the molecule is CCCSCc1ccn(CCC#N)n1. The lowest BCUT2D eigenvalue weighted by Crippen LogP contribution is -1.98. The first-order valence-electron chi connectivity index (χ1n) is 4.84. The molecule has 0 N–H and O–H groups in total. The molecule has 0 bridgehead atoms. The normalized spacial score (nSPS) is 10.0. The predicted molar refractivity (Wildman–Crippen MR) is 58.9 cm³/mol. The lowest BCUT2D eigenvalue weighted by atomic mass is 10.5. The highest BCUT2D eigenvalue weighted by atomic mass is 32.2. The Balaban J connectivity index is 2.32. The van der Waals surface area contributed by atoms with Crippen molar-refractivity contribution in [2.75, 3.05) is 5.75 Å². The zero-order valence-electron chi connectivity index (χ0n) is 8.44. The van der Waals surface area contributed by atoms with E-state index in [1.807, 2.05) is 28.7 Å². The molecule has 0 spiro atoms. The lowest BCUT2D eigenvalue weighted by molar-refractivity contribution is 0.621. The van der Waals surface area contributed by atoms with Crippen LogP contribution in [-0.2, 0) is 12.3 Å². The number of thioether (sulfide) groups is 1. The van der Waals surface area contributed by atoms with Gasteiger partial charge < -0.3 is 0 Å². The molecule has 0 unspecified atom stereocenters. The first kappa shape index (κ1) is 11.1. The number of hydrogen-bond acceptors (Lipinski definition) is 3. The molecule has 1 rings (SSSR count). The number of nitriles is 1. The highest BCUT2D eigenvalue weighted by molar-refractivity contribution is 7.98. The summed E-state index contributed by atoms with van der Waals surface area (Å²) in [5, 5.41) is 12.8. The number of rotatable bonds is 6. The fraction of sp³-hybridized carbons (Fsp3) is 0.600. The summed E-state index contributed by atoms with van der Waals surface area (Å²) in [5.41, 5.74) is 1.11. The van der Waals surface area contributed by atoms with Gasteiger partial charge in [-0.25, -0.2) is 0 Å². The van der Waals surface area contributed by atoms with Crippen LogP contribution in [0.5, 0.6) is 0 Å². The summed E-state index contributed by atoms with van der Waals surface area (Å²) in [6.07, 6.45) is 3.68. The van der Waals surface area contributed by atoms with Crippen LogP contribution in [0.2, 0.25) is 0 Å². The summed E-state index contributed by atoms with van der Waals surface area (Å²) < 4.78 is 1.84. The Morgan fingerprint density at radius 1 is 1.64 bits per heavy atom. The number of nitrogens with zero attached hydrogens (tertiary/aromatic N) is 3. The van der Waals surface area contributed by atoms with Crippen LogP contribution in [0.15, 0.2) is 12.3 Å². The van der Waals surface area contributed by atoms with Gasteiger partial charge in [-0.3, -0.25) is 4.68 Å². The monoisotopic (exact) mass is 209 g/mol. The molecule has 3 nitrogen and oxygen atoms in total. The van der Waals surface area contributed by atoms with Gasteiger partial charge in [-0.15, -0.1) is 0 Å². The molecular formula is C10H15N3S. The van der Waals surface area contributed by atoms with Crippen molar-refractivity contribution in [1.29, 1.82) is 5.26 Å². The van der Waals surface area contributed by atoms with Crippen LogP contribution in [0.25, 0.3) is 0 Å². The van der Waals surface area contributed by atoms with E-state index >= 15 is 0 Å². The summed E-state index contributed by atoms with van der Waals surface area (Å²) in [6, 6.07) is 4.14. The van der Waals surface area contributed by atoms with E-state index in [0.717, 1.165) is 11.4 Å². The van der Waals surface area contributed by atoms with Gasteiger partial charge in [-0.2, -0.15) is 22.1 Å². The van der Waals surface area contributed by atoms with Gasteiger partial charge in [0.05, 0.1) is 24.7 Å². The van der Waals surface area contributed by atoms with Crippen molar-refractivity contribution in [3.8, 4) is 6.07 Å². The average Bonchev–Trinajstić information content (AvgIpc) is 2.63. The van der Waals surface area contributed by atoms with E-state index in [0.29, 0.717) is 13.0 Å². The smallest absolute Gasteiger partial charge is 0.0723 e. The summed E-state index contributed by atoms with van der Waals surface area (Å²) >= 11 is 1.90. The van der Waals surface area contributed by atoms with Crippen molar-refractivity contribution in [3.05, 3.63) is 18.0 Å². The predicted octanol–water partition coefficient (Wildman–Crippen LogP) is 2.44. The second-order valence-electron chi connectivity index (χ2n) is 3.03. The maximum Gasteiger partial charge on any atom is 0.0723 e. The summed E-state index contributed by atoms with van der Waals surface area (Å²) in [6.45, 7) is 2.88. The Morgan fingerprint density at radius 3 is 3.21 bits per heavy atom. The van der Waals surface area contributed by atoms with E-state index in [-0.39, 0.29) is 0 Å². The van der Waals surface area contributed by atoms with Crippen molar-refractivity contribution < 1.29 is 0 Å². The minimum absolute atomic E-state index is 0.531. The Bertz CT molecular complexity index is 301. The topological polar surface area (TPSA) is 41.6 Å². The van der Waals surface area contributed by atoms with E-state index in [2.05, 4.69) is 18.1 Å². The molecule has 0 aromatic carbocycles. The molecule has 76 valence electrons. The highest BCUT2D eigenvalue weighted by Gasteiger charge is 1.98. The second-order valence-corrected chi connectivity index (χ2v) is 4.14. The van der Waals surface area contributed by atoms with Gasteiger partial charge in [-0.1, -0.05) is 6.92 Å². The van der Waals surface area contributed by atoms with Crippen LogP contribution in [0.1, 0.15) is 25.5 Å². The molecule has 1 aromatic heterocycles. The van der Waals surface area contributed by atoms with E-state index in [9.17, 15) is 0 Å². The first-order chi connectivity index (χ1) is 6.86. The quantitative estimate of drug-likeness (QED) is 0.676. The lowest BCUT2D eigenvalue weighted by Gasteiger charge is -1.96. The molecule has 4 heteroatoms. The first-order valence-corrected chi connectivity index (χ1v) is 5.99. The molecule has 1 aromatic rings. The summed E-state index contributed by atoms with van der Waals surface area (Å²) in [4.78, 5) is 0. The van der Waals surface area contributed by atoms with Crippen molar-refractivity contribution in [2.24, 2.45) is 0 Å². The molecule has 0 fully saturated rings. The Hall–Kier alpha value is -0.950. The van der Waals surface area contributed by atoms with Gasteiger partial charge in [0.2, 0.25) is 0 Å². The maximum atomic E-state index is 8.41. The van der Waals surface area contributed by atoms with Crippen LogP contribution in [0.3, 0.4) is 0 Å². The zero-order chi connectivity index (χ0) is 10.2. The number of aromatic nitrogens is 2. The van der Waals surface area contributed by atoms with Crippen LogP contribution in [-0.4, -0.2) is 15.5 Å². The van der Waals surface area contributed by atoms with Crippen molar-refractivity contribution >= 4 is 11.8 Å². The van der Waals surface area contributed by atoms with Crippen molar-refractivity contribution in [1.82, 2.24) is 9.78 Å². The number of hydrogen-bond donors (Lipinski definition) is 0. The minimum Gasteiger partial charge on any atom is -0.271 e. The fourth-order valence-corrected chi connectivity index (χ4v) is 1.89. The third-order valence-electron chi connectivity index (χ3n) is 1.75. The molecule has 0 atom stereocenters. The highest BCUT2D eigenvalue weighted by Crippen LogP contribution is 2.10. The van der Waals surface area contributed by atoms with E-state index < -0.39 is 0 Å². The van der Waals surface area contributed by atoms with Crippen LogP contribution in [0, 0.1) is 11.3 Å². The van der Waals surface area contributed by atoms with Crippen LogP contribution >= 0.6 is 11.8 Å². The molecule has 0 aliphatic carbocycles. The van der Waals surface area contributed by atoms with Gasteiger partial charge in [0.1, 0.15) is 0 Å². The van der Waals surface area contributed by atoms with Crippen molar-refractivity contribution in [3.63, 3.8) is 0 Å². The van der Waals surface area contributed by atoms with E-state index in [1.54, 1.807) is 0 Å². The molecule has 0 saturated heterocycles. The standard InChI is InChI=1S/C10H15N3S/c1-2-8-14-9-10-4-7-13(12-10)6-3-5-11/h4,7H,2-3,6,8-9H2,1H3. The zero-order valence-corrected chi connectivity index (χ0v) is 9.26. The molecule has 0 saturated carbocycles. The Labute approximate surface area is 89.1 Å². The van der Waals surface area contributed by atoms with Gasteiger partial charge in [-0.05, 0) is 18.2 Å². The largest absolute Gasteiger partial charge is 0.271 e. The van der Waals surface area contributed by atoms with Gasteiger partial charge in [0.15, 0.2) is 0 Å². The van der Waals surface area contributed by atoms with Crippen LogP contribution < -0.4 is 0 Å². The Kier molecular flexibility index (Phi) is 5.16. The average molecular weight is 209 g/mol. The van der Waals surface area contributed by atoms with E-state index in [1.165, 1.54) is 12.2 Å². The molecule has 0 radical (unpaired) electrons. The van der Waals surface area contributed by atoms with Gasteiger partial charge in [0.25, 0.3) is 0 Å². The third kappa shape index (κ3) is 3.84. The molecule has 14 heavy (non-hydrogen) atoms. The fourth-order valence-electron chi connectivity index (χ4n) is 1.09. The third-order valence-corrected chi connectivity index (χ3v) is 2.94. The molecule has 0 aliphatic heterocycles. The van der Waals surface area contributed by atoms with Gasteiger partial charge >= 0.3 is 0 Å². The molecular weight excluding hydrogens is 194 g/mol. The maximum absolute atomic E-state index is 8.41. The molecule has 1 heterocycles. The van der Waals surface area contributed by atoms with Crippen molar-refractivity contribution in [2.45, 2.75) is 32.1 Å².